The Morgan fingerprint density at radius 2 is 2.00 bits per heavy atom. The lowest BCUT2D eigenvalue weighted by molar-refractivity contribution is -0.00199. The molecule has 0 unspecified atom stereocenters. The zero-order valence-electron chi connectivity index (χ0n) is 11.9. The van der Waals surface area contributed by atoms with Crippen molar-refractivity contribution >= 4 is 11.6 Å². The third-order valence-corrected chi connectivity index (χ3v) is 3.80. The first-order valence-corrected chi connectivity index (χ1v) is 6.73. The molecule has 0 spiro atoms. The van der Waals surface area contributed by atoms with E-state index in [1.165, 1.54) is 0 Å². The Bertz CT molecular complexity index is 473. The Labute approximate surface area is 114 Å². The number of benzene rings is 1. The molecule has 2 rings (SSSR count). The van der Waals surface area contributed by atoms with Crippen LogP contribution in [0.5, 0.6) is 0 Å². The summed E-state index contributed by atoms with van der Waals surface area (Å²) in [5, 5.41) is 13.0. The van der Waals surface area contributed by atoms with E-state index >= 15 is 0 Å². The summed E-state index contributed by atoms with van der Waals surface area (Å²) in [7, 11) is 1.83. The molecule has 4 heteroatoms. The van der Waals surface area contributed by atoms with E-state index < -0.39 is 5.60 Å². The van der Waals surface area contributed by atoms with Crippen molar-refractivity contribution in [1.29, 1.82) is 0 Å². The monoisotopic (exact) mass is 262 g/mol. The molecular formula is C15H22N2O2. The lowest BCUT2D eigenvalue weighted by Crippen LogP contribution is -2.45. The van der Waals surface area contributed by atoms with E-state index in [0.29, 0.717) is 31.5 Å². The first kappa shape index (κ1) is 13.9. The number of aryl methyl sites for hydroxylation is 1. The summed E-state index contributed by atoms with van der Waals surface area (Å²) >= 11 is 0. The second kappa shape index (κ2) is 5.21. The van der Waals surface area contributed by atoms with Crippen molar-refractivity contribution in [3.05, 3.63) is 29.3 Å². The van der Waals surface area contributed by atoms with E-state index in [1.807, 2.05) is 44.0 Å². The molecule has 0 bridgehead atoms. The summed E-state index contributed by atoms with van der Waals surface area (Å²) in [5.41, 5.74) is 2.06. The number of carbonyl (C=O) groups is 1. The van der Waals surface area contributed by atoms with Crippen LogP contribution in [0.3, 0.4) is 0 Å². The molecule has 0 saturated carbocycles. The molecule has 4 nitrogen and oxygen atoms in total. The van der Waals surface area contributed by atoms with Crippen LogP contribution >= 0.6 is 0 Å². The van der Waals surface area contributed by atoms with Crippen molar-refractivity contribution in [2.45, 2.75) is 32.3 Å². The molecule has 1 aliphatic heterocycles. The summed E-state index contributed by atoms with van der Waals surface area (Å²) in [6.07, 6.45) is 1.28. The highest BCUT2D eigenvalue weighted by Gasteiger charge is 2.30. The number of hydrogen-bond acceptors (Lipinski definition) is 3. The van der Waals surface area contributed by atoms with Crippen molar-refractivity contribution in [2.75, 3.05) is 25.5 Å². The molecule has 1 aromatic rings. The standard InChI is InChI=1S/C15H22N2O2/c1-11-4-5-12(13(10-11)16-3)14(18)17-8-6-15(2,19)7-9-17/h4-5,10,16,19H,6-9H2,1-3H3. The number of aliphatic hydroxyl groups is 1. The van der Waals surface area contributed by atoms with Gasteiger partial charge in [0.05, 0.1) is 11.2 Å². The average molecular weight is 262 g/mol. The van der Waals surface area contributed by atoms with Gasteiger partial charge < -0.3 is 15.3 Å². The van der Waals surface area contributed by atoms with Crippen LogP contribution in [0.1, 0.15) is 35.7 Å². The van der Waals surface area contributed by atoms with Gasteiger partial charge in [0.15, 0.2) is 0 Å². The van der Waals surface area contributed by atoms with E-state index in [2.05, 4.69) is 5.32 Å². The van der Waals surface area contributed by atoms with Crippen molar-refractivity contribution in [1.82, 2.24) is 4.90 Å². The van der Waals surface area contributed by atoms with Gasteiger partial charge in [-0.1, -0.05) is 6.07 Å². The molecular weight excluding hydrogens is 240 g/mol. The van der Waals surface area contributed by atoms with E-state index in [9.17, 15) is 9.90 Å². The van der Waals surface area contributed by atoms with E-state index in [1.54, 1.807) is 0 Å². The van der Waals surface area contributed by atoms with Crippen LogP contribution in [-0.2, 0) is 0 Å². The Balaban J connectivity index is 2.16. The third kappa shape index (κ3) is 3.07. The molecule has 1 aliphatic rings. The van der Waals surface area contributed by atoms with Crippen LogP contribution in [-0.4, -0.2) is 41.7 Å². The van der Waals surface area contributed by atoms with Gasteiger partial charge in [-0.05, 0) is 44.4 Å². The number of carbonyl (C=O) groups excluding carboxylic acids is 1. The maximum Gasteiger partial charge on any atom is 0.255 e. The second-order valence-corrected chi connectivity index (χ2v) is 5.59. The summed E-state index contributed by atoms with van der Waals surface area (Å²) in [5.74, 6) is 0.0415. The van der Waals surface area contributed by atoms with E-state index in [-0.39, 0.29) is 5.91 Å². The molecule has 104 valence electrons. The third-order valence-electron chi connectivity index (χ3n) is 3.80. The van der Waals surface area contributed by atoms with Crippen molar-refractivity contribution in [2.24, 2.45) is 0 Å². The number of hydrogen-bond donors (Lipinski definition) is 2. The SMILES string of the molecule is CNc1cc(C)ccc1C(=O)N1CCC(C)(O)CC1. The van der Waals surface area contributed by atoms with Gasteiger partial charge in [0.2, 0.25) is 0 Å². The number of rotatable bonds is 2. The minimum absolute atomic E-state index is 0.0415. The normalized spacial score (nSPS) is 18.2. The van der Waals surface area contributed by atoms with Crippen LogP contribution in [0.4, 0.5) is 5.69 Å². The Morgan fingerprint density at radius 3 is 2.58 bits per heavy atom. The number of likely N-dealkylation sites (tertiary alicyclic amines) is 1. The topological polar surface area (TPSA) is 52.6 Å². The van der Waals surface area contributed by atoms with Gasteiger partial charge in [0.25, 0.3) is 5.91 Å². The highest BCUT2D eigenvalue weighted by atomic mass is 16.3. The molecule has 0 aromatic heterocycles. The summed E-state index contributed by atoms with van der Waals surface area (Å²) in [6, 6.07) is 5.80. The van der Waals surface area contributed by atoms with E-state index in [0.717, 1.165) is 11.3 Å². The van der Waals surface area contributed by atoms with Gasteiger partial charge in [-0.3, -0.25) is 4.79 Å². The number of nitrogens with zero attached hydrogens (tertiary/aromatic N) is 1. The van der Waals surface area contributed by atoms with Gasteiger partial charge >= 0.3 is 0 Å². The van der Waals surface area contributed by atoms with Crippen LogP contribution in [0.2, 0.25) is 0 Å². The molecule has 2 N–H and O–H groups in total. The predicted molar refractivity (Wildman–Crippen MR) is 76.5 cm³/mol. The molecule has 19 heavy (non-hydrogen) atoms. The first-order valence-electron chi connectivity index (χ1n) is 6.73. The fraction of sp³-hybridized carbons (Fsp3) is 0.533. The quantitative estimate of drug-likeness (QED) is 0.857. The smallest absolute Gasteiger partial charge is 0.255 e. The molecule has 1 saturated heterocycles. The summed E-state index contributed by atoms with van der Waals surface area (Å²) in [6.45, 7) is 5.07. The van der Waals surface area contributed by atoms with Crippen molar-refractivity contribution in [3.63, 3.8) is 0 Å². The average Bonchev–Trinajstić information content (AvgIpc) is 2.37. The highest BCUT2D eigenvalue weighted by Crippen LogP contribution is 2.25. The van der Waals surface area contributed by atoms with Gasteiger partial charge in [-0.25, -0.2) is 0 Å². The Morgan fingerprint density at radius 1 is 1.37 bits per heavy atom. The lowest BCUT2D eigenvalue weighted by atomic mass is 9.93. The maximum atomic E-state index is 12.5. The molecule has 1 fully saturated rings. The number of nitrogens with one attached hydrogen (secondary N) is 1. The highest BCUT2D eigenvalue weighted by molar-refractivity contribution is 5.99. The fourth-order valence-corrected chi connectivity index (χ4v) is 2.41. The first-order chi connectivity index (χ1) is 8.93. The van der Waals surface area contributed by atoms with Gasteiger partial charge in [0.1, 0.15) is 0 Å². The minimum atomic E-state index is -0.629. The maximum absolute atomic E-state index is 12.5. The van der Waals surface area contributed by atoms with Crippen LogP contribution in [0.15, 0.2) is 18.2 Å². The fourth-order valence-electron chi connectivity index (χ4n) is 2.41. The minimum Gasteiger partial charge on any atom is -0.390 e. The number of amides is 1. The Kier molecular flexibility index (Phi) is 3.80. The van der Waals surface area contributed by atoms with Crippen molar-refractivity contribution < 1.29 is 9.90 Å². The zero-order chi connectivity index (χ0) is 14.0. The number of anilines is 1. The van der Waals surface area contributed by atoms with Gasteiger partial charge in [-0.15, -0.1) is 0 Å². The summed E-state index contributed by atoms with van der Waals surface area (Å²) in [4.78, 5) is 14.3. The van der Waals surface area contributed by atoms with E-state index in [4.69, 9.17) is 0 Å². The molecule has 1 heterocycles. The predicted octanol–water partition coefficient (Wildman–Crippen LogP) is 2.02. The molecule has 0 radical (unpaired) electrons. The molecule has 0 aliphatic carbocycles. The lowest BCUT2D eigenvalue weighted by Gasteiger charge is -2.36. The largest absolute Gasteiger partial charge is 0.390 e. The van der Waals surface area contributed by atoms with Crippen LogP contribution in [0, 0.1) is 6.92 Å². The number of piperidine rings is 1. The molecule has 1 aromatic carbocycles. The van der Waals surface area contributed by atoms with Crippen molar-refractivity contribution in [3.8, 4) is 0 Å². The molecule has 1 amide bonds. The van der Waals surface area contributed by atoms with Gasteiger partial charge in [0, 0.05) is 25.8 Å². The van der Waals surface area contributed by atoms with Gasteiger partial charge in [-0.2, -0.15) is 0 Å². The zero-order valence-corrected chi connectivity index (χ0v) is 11.9. The molecule has 0 atom stereocenters. The van der Waals surface area contributed by atoms with Crippen LogP contribution in [0.25, 0.3) is 0 Å². The second-order valence-electron chi connectivity index (χ2n) is 5.59. The Hall–Kier alpha value is -1.55. The van der Waals surface area contributed by atoms with Crippen LogP contribution < -0.4 is 5.32 Å². The summed E-state index contributed by atoms with van der Waals surface area (Å²) < 4.78 is 0.